The van der Waals surface area contributed by atoms with Crippen LogP contribution < -0.4 is 0 Å². The Morgan fingerprint density at radius 3 is 2.40 bits per heavy atom. The van der Waals surface area contributed by atoms with Crippen molar-refractivity contribution in [3.05, 3.63) is 53.3 Å². The summed E-state index contributed by atoms with van der Waals surface area (Å²) < 4.78 is 2.15. The van der Waals surface area contributed by atoms with E-state index in [1.165, 1.54) is 5.69 Å². The molecule has 0 atom stereocenters. The number of para-hydroxylation sites is 1. The smallest absolute Gasteiger partial charge is 0.0589 e. The van der Waals surface area contributed by atoms with Gasteiger partial charge in [-0.3, -0.25) is 0 Å². The molecule has 0 aliphatic rings. The van der Waals surface area contributed by atoms with Crippen LogP contribution in [0.25, 0.3) is 5.69 Å². The maximum Gasteiger partial charge on any atom is 0.0589 e. The lowest BCUT2D eigenvalue weighted by atomic mass is 10.1. The second-order valence-corrected chi connectivity index (χ2v) is 4.38. The molecule has 0 spiro atoms. The first-order valence-corrected chi connectivity index (χ1v) is 5.49. The number of benzene rings is 1. The minimum Gasteiger partial charge on any atom is -0.319 e. The summed E-state index contributed by atoms with van der Waals surface area (Å²) in [7, 11) is 0. The van der Waals surface area contributed by atoms with Crippen LogP contribution in [0.4, 0.5) is 0 Å². The van der Waals surface area contributed by atoms with Crippen LogP contribution >= 0.6 is 11.6 Å². The van der Waals surface area contributed by atoms with Crippen molar-refractivity contribution in [3.8, 4) is 5.69 Å². The lowest BCUT2D eigenvalue weighted by Crippen LogP contribution is -1.99. The minimum atomic E-state index is 0.470. The van der Waals surface area contributed by atoms with Crippen molar-refractivity contribution >= 4 is 11.6 Å². The Bertz CT molecular complexity index is 443. The zero-order chi connectivity index (χ0) is 10.8. The van der Waals surface area contributed by atoms with E-state index in [2.05, 4.69) is 30.5 Å². The summed E-state index contributed by atoms with van der Waals surface area (Å²) in [6.45, 7) is 4.34. The van der Waals surface area contributed by atoms with E-state index in [4.69, 9.17) is 11.6 Å². The quantitative estimate of drug-likeness (QED) is 0.712. The topological polar surface area (TPSA) is 4.93 Å². The molecule has 1 aromatic heterocycles. The molecule has 0 N–H and O–H groups in total. The Hall–Kier alpha value is -1.21. The standard InChI is InChI=1S/C13H14ClN/c1-10(2)13-8-11(14)9-15(13)12-6-4-3-5-7-12/h3-10H,1-2H3. The molecule has 1 nitrogen and oxygen atoms in total. The van der Waals surface area contributed by atoms with Crippen molar-refractivity contribution in [1.82, 2.24) is 4.57 Å². The number of nitrogens with zero attached hydrogens (tertiary/aromatic N) is 1. The summed E-state index contributed by atoms with van der Waals surface area (Å²) in [5, 5.41) is 0.794. The third-order valence-electron chi connectivity index (χ3n) is 2.44. The number of hydrogen-bond donors (Lipinski definition) is 0. The molecule has 78 valence electrons. The number of aromatic nitrogens is 1. The zero-order valence-corrected chi connectivity index (χ0v) is 9.70. The van der Waals surface area contributed by atoms with Gasteiger partial charge in [0.15, 0.2) is 0 Å². The van der Waals surface area contributed by atoms with E-state index >= 15 is 0 Å². The van der Waals surface area contributed by atoms with Crippen LogP contribution in [0.1, 0.15) is 25.5 Å². The van der Waals surface area contributed by atoms with Gasteiger partial charge in [-0.25, -0.2) is 0 Å². The number of halogens is 1. The first-order valence-electron chi connectivity index (χ1n) is 5.11. The molecule has 2 heteroatoms. The monoisotopic (exact) mass is 219 g/mol. The molecule has 0 aliphatic carbocycles. The Morgan fingerprint density at radius 1 is 1.13 bits per heavy atom. The molecule has 2 aromatic rings. The van der Waals surface area contributed by atoms with Gasteiger partial charge in [-0.1, -0.05) is 43.6 Å². The third-order valence-corrected chi connectivity index (χ3v) is 2.65. The van der Waals surface area contributed by atoms with Gasteiger partial charge in [0.05, 0.1) is 5.02 Å². The molecule has 0 unspecified atom stereocenters. The van der Waals surface area contributed by atoms with E-state index in [-0.39, 0.29) is 0 Å². The third kappa shape index (κ3) is 2.07. The molecule has 2 rings (SSSR count). The summed E-state index contributed by atoms with van der Waals surface area (Å²) >= 11 is 6.04. The normalized spacial score (nSPS) is 10.9. The summed E-state index contributed by atoms with van der Waals surface area (Å²) in [6.07, 6.45) is 1.96. The highest BCUT2D eigenvalue weighted by Crippen LogP contribution is 2.24. The molecule has 0 bridgehead atoms. The minimum absolute atomic E-state index is 0.470. The highest BCUT2D eigenvalue weighted by molar-refractivity contribution is 6.30. The van der Waals surface area contributed by atoms with Crippen molar-refractivity contribution in [1.29, 1.82) is 0 Å². The van der Waals surface area contributed by atoms with Gasteiger partial charge in [0.2, 0.25) is 0 Å². The number of hydrogen-bond acceptors (Lipinski definition) is 0. The first-order chi connectivity index (χ1) is 7.18. The Labute approximate surface area is 95.3 Å². The highest BCUT2D eigenvalue weighted by Gasteiger charge is 2.09. The van der Waals surface area contributed by atoms with Gasteiger partial charge in [-0.2, -0.15) is 0 Å². The summed E-state index contributed by atoms with van der Waals surface area (Å²) in [6, 6.07) is 12.3. The maximum absolute atomic E-state index is 6.04. The highest BCUT2D eigenvalue weighted by atomic mass is 35.5. The lowest BCUT2D eigenvalue weighted by molar-refractivity contribution is 0.787. The van der Waals surface area contributed by atoms with Crippen molar-refractivity contribution < 1.29 is 0 Å². The molecule has 0 fully saturated rings. The molecule has 1 heterocycles. The van der Waals surface area contributed by atoms with Crippen LogP contribution in [0.2, 0.25) is 5.02 Å². The SMILES string of the molecule is CC(C)c1cc(Cl)cn1-c1ccccc1. The fourth-order valence-corrected chi connectivity index (χ4v) is 1.91. The molecule has 0 amide bonds. The van der Waals surface area contributed by atoms with Gasteiger partial charge < -0.3 is 4.57 Å². The van der Waals surface area contributed by atoms with E-state index in [1.807, 2.05) is 30.5 Å². The van der Waals surface area contributed by atoms with Crippen molar-refractivity contribution in [2.45, 2.75) is 19.8 Å². The molecule has 1 aromatic carbocycles. The second kappa shape index (κ2) is 4.11. The van der Waals surface area contributed by atoms with E-state index in [1.54, 1.807) is 0 Å². The van der Waals surface area contributed by atoms with Gasteiger partial charge >= 0.3 is 0 Å². The first kappa shape index (κ1) is 10.3. The summed E-state index contributed by atoms with van der Waals surface area (Å²) in [5.74, 6) is 0.470. The molecule has 0 saturated carbocycles. The largest absolute Gasteiger partial charge is 0.319 e. The number of rotatable bonds is 2. The van der Waals surface area contributed by atoms with Crippen LogP contribution in [0.3, 0.4) is 0 Å². The van der Waals surface area contributed by atoms with Crippen molar-refractivity contribution in [2.24, 2.45) is 0 Å². The fraction of sp³-hybridized carbons (Fsp3) is 0.231. The van der Waals surface area contributed by atoms with Crippen LogP contribution in [0.15, 0.2) is 42.6 Å². The Kier molecular flexibility index (Phi) is 2.83. The fourth-order valence-electron chi connectivity index (χ4n) is 1.70. The van der Waals surface area contributed by atoms with Gasteiger partial charge in [-0.05, 0) is 24.1 Å². The van der Waals surface area contributed by atoms with Gasteiger partial charge in [-0.15, -0.1) is 0 Å². The van der Waals surface area contributed by atoms with Crippen molar-refractivity contribution in [3.63, 3.8) is 0 Å². The van der Waals surface area contributed by atoms with Gasteiger partial charge in [0.1, 0.15) is 0 Å². The van der Waals surface area contributed by atoms with Crippen LogP contribution in [-0.2, 0) is 0 Å². The van der Waals surface area contributed by atoms with E-state index < -0.39 is 0 Å². The van der Waals surface area contributed by atoms with Crippen LogP contribution in [0, 0.1) is 0 Å². The molecule has 0 saturated heterocycles. The van der Waals surface area contributed by atoms with Crippen molar-refractivity contribution in [2.75, 3.05) is 0 Å². The maximum atomic E-state index is 6.04. The predicted molar refractivity (Wildman–Crippen MR) is 64.9 cm³/mol. The Balaban J connectivity index is 2.53. The predicted octanol–water partition coefficient (Wildman–Crippen LogP) is 4.25. The molecule has 0 radical (unpaired) electrons. The van der Waals surface area contributed by atoms with E-state index in [9.17, 15) is 0 Å². The average molecular weight is 220 g/mol. The van der Waals surface area contributed by atoms with Gasteiger partial charge in [0, 0.05) is 17.6 Å². The molecule has 15 heavy (non-hydrogen) atoms. The summed E-state index contributed by atoms with van der Waals surface area (Å²) in [5.41, 5.74) is 2.40. The van der Waals surface area contributed by atoms with E-state index in [0.29, 0.717) is 5.92 Å². The molecular formula is C13H14ClN. The van der Waals surface area contributed by atoms with E-state index in [0.717, 1.165) is 10.7 Å². The molecule has 0 aliphatic heterocycles. The molecular weight excluding hydrogens is 206 g/mol. The lowest BCUT2D eigenvalue weighted by Gasteiger charge is -2.11. The van der Waals surface area contributed by atoms with Crippen LogP contribution in [-0.4, -0.2) is 4.57 Å². The Morgan fingerprint density at radius 2 is 1.80 bits per heavy atom. The van der Waals surface area contributed by atoms with Gasteiger partial charge in [0.25, 0.3) is 0 Å². The zero-order valence-electron chi connectivity index (χ0n) is 8.94. The van der Waals surface area contributed by atoms with Crippen LogP contribution in [0.5, 0.6) is 0 Å². The second-order valence-electron chi connectivity index (χ2n) is 3.94. The average Bonchev–Trinajstić information content (AvgIpc) is 2.62. The summed E-state index contributed by atoms with van der Waals surface area (Å²) in [4.78, 5) is 0.